The maximum absolute atomic E-state index is 13.4. The van der Waals surface area contributed by atoms with Crippen molar-refractivity contribution in [1.29, 1.82) is 0 Å². The van der Waals surface area contributed by atoms with Gasteiger partial charge in [-0.3, -0.25) is 5.32 Å². The minimum absolute atomic E-state index is 0.0340. The molecule has 40 heavy (non-hydrogen) atoms. The number of H-pyrrole nitrogens is 1. The van der Waals surface area contributed by atoms with Crippen LogP contribution in [0.3, 0.4) is 0 Å². The molecule has 0 unspecified atom stereocenters. The molecule has 1 aliphatic rings. The number of rotatable bonds is 5. The van der Waals surface area contributed by atoms with E-state index in [1.165, 1.54) is 30.5 Å². The highest BCUT2D eigenvalue weighted by Gasteiger charge is 2.52. The summed E-state index contributed by atoms with van der Waals surface area (Å²) in [6.45, 7) is 0. The third-order valence-corrected chi connectivity index (χ3v) is 7.00. The van der Waals surface area contributed by atoms with Gasteiger partial charge in [0.15, 0.2) is 6.20 Å². The van der Waals surface area contributed by atoms with Gasteiger partial charge in [-0.2, -0.15) is 9.41 Å². The van der Waals surface area contributed by atoms with Crippen molar-refractivity contribution in [2.75, 3.05) is 12.4 Å². The number of carbonyl (C=O) groups is 1. The Hall–Kier alpha value is -4.85. The first kappa shape index (κ1) is 25.4. The molecule has 0 saturated heterocycles. The molecule has 5 aromatic rings. The van der Waals surface area contributed by atoms with E-state index in [0.717, 1.165) is 5.56 Å². The number of benzene rings is 2. The molecule has 0 bridgehead atoms. The molecule has 13 nitrogen and oxygen atoms in total. The number of hydrogen-bond donors (Lipinski definition) is 4. The molecule has 202 valence electrons. The van der Waals surface area contributed by atoms with Crippen molar-refractivity contribution in [3.8, 4) is 28.1 Å². The van der Waals surface area contributed by atoms with E-state index in [-0.39, 0.29) is 23.5 Å². The van der Waals surface area contributed by atoms with E-state index >= 15 is 0 Å². The van der Waals surface area contributed by atoms with Gasteiger partial charge in [0, 0.05) is 28.3 Å². The molecular weight excluding hydrogens is 540 g/mol. The van der Waals surface area contributed by atoms with Gasteiger partial charge in [0.25, 0.3) is 0 Å². The van der Waals surface area contributed by atoms with E-state index < -0.39 is 17.8 Å². The van der Waals surface area contributed by atoms with Gasteiger partial charge >= 0.3 is 6.09 Å². The third kappa shape index (κ3) is 4.31. The Morgan fingerprint density at radius 3 is 2.77 bits per heavy atom. The Bertz CT molecular complexity index is 1720. The SMILES string of the molecule is COC(=O)Nc1ccc(-c2cnc([C@]3(O)C[C@@H](O)c4cc(-c5cc(Cl)ccc5-n5cnnn5)c[n+]([O-])c43)[nH]2)cc1. The Labute approximate surface area is 231 Å². The molecule has 6 rings (SSSR count). The van der Waals surface area contributed by atoms with Crippen LogP contribution in [0.15, 0.2) is 67.3 Å². The van der Waals surface area contributed by atoms with Gasteiger partial charge in [0.05, 0.1) is 36.4 Å². The molecular formula is C26H21ClN8O5. The predicted molar refractivity (Wildman–Crippen MR) is 141 cm³/mol. The Balaban J connectivity index is 1.36. The predicted octanol–water partition coefficient (Wildman–Crippen LogP) is 2.86. The number of imidazole rings is 1. The second-order valence-corrected chi connectivity index (χ2v) is 9.63. The standard InChI is InChI=1S/C26H21ClN8O5/c1-40-25(37)30-17-5-2-14(3-6-17)20-11-28-24(31-20)26(38)10-22(36)19-8-15(12-35(39)23(19)26)18-9-16(27)4-7-21(18)34-13-29-32-33-34/h2-9,11-13,22,36,38H,10H2,1H3,(H,28,31)(H,30,37)/t22-,26+/m1/s1. The number of aromatic nitrogens is 7. The number of aliphatic hydroxyl groups excluding tert-OH is 1. The molecule has 1 aliphatic carbocycles. The van der Waals surface area contributed by atoms with Gasteiger partial charge in [-0.05, 0) is 52.4 Å². The molecule has 0 saturated carbocycles. The maximum atomic E-state index is 13.4. The second kappa shape index (κ2) is 9.72. The van der Waals surface area contributed by atoms with Crippen LogP contribution < -0.4 is 10.0 Å². The lowest BCUT2D eigenvalue weighted by Gasteiger charge is -2.20. The van der Waals surface area contributed by atoms with Crippen LogP contribution in [0.5, 0.6) is 0 Å². The van der Waals surface area contributed by atoms with Crippen LogP contribution in [-0.4, -0.2) is 53.6 Å². The van der Waals surface area contributed by atoms with Crippen LogP contribution in [0.1, 0.15) is 29.6 Å². The van der Waals surface area contributed by atoms with Crippen LogP contribution in [-0.2, 0) is 10.3 Å². The highest BCUT2D eigenvalue weighted by atomic mass is 35.5. The topological polar surface area (TPSA) is 178 Å². The summed E-state index contributed by atoms with van der Waals surface area (Å²) in [4.78, 5) is 18.8. The average Bonchev–Trinajstić information content (AvgIpc) is 3.70. The first-order valence-corrected chi connectivity index (χ1v) is 12.4. The Morgan fingerprint density at radius 1 is 1.25 bits per heavy atom. The third-order valence-electron chi connectivity index (χ3n) is 6.76. The van der Waals surface area contributed by atoms with Crippen molar-refractivity contribution < 1.29 is 24.5 Å². The molecule has 14 heteroatoms. The summed E-state index contributed by atoms with van der Waals surface area (Å²) in [5.41, 5.74) is 1.74. The largest absolute Gasteiger partial charge is 0.618 e. The Kier molecular flexibility index (Phi) is 6.18. The van der Waals surface area contributed by atoms with Crippen LogP contribution in [0.2, 0.25) is 5.02 Å². The molecule has 0 radical (unpaired) electrons. The number of carbonyl (C=O) groups excluding carboxylic acids is 1. The zero-order chi connectivity index (χ0) is 28.0. The van der Waals surface area contributed by atoms with Gasteiger partial charge < -0.3 is 25.1 Å². The fourth-order valence-electron chi connectivity index (χ4n) is 4.90. The minimum atomic E-state index is -1.88. The molecule has 1 amide bonds. The number of halogens is 1. The number of methoxy groups -OCH3 is 1. The number of nitrogens with zero attached hydrogens (tertiary/aromatic N) is 6. The van der Waals surface area contributed by atoms with Crippen LogP contribution in [0.4, 0.5) is 10.5 Å². The van der Waals surface area contributed by atoms with E-state index in [9.17, 15) is 20.2 Å². The summed E-state index contributed by atoms with van der Waals surface area (Å²) < 4.78 is 6.57. The number of aliphatic hydroxyl groups is 2. The van der Waals surface area contributed by atoms with Gasteiger partial charge in [-0.15, -0.1) is 5.10 Å². The van der Waals surface area contributed by atoms with Crippen molar-refractivity contribution in [2.45, 2.75) is 18.1 Å². The zero-order valence-corrected chi connectivity index (χ0v) is 21.6. The average molecular weight is 561 g/mol. The number of tetrazole rings is 1. The number of anilines is 1. The molecule has 3 aromatic heterocycles. The number of fused-ring (bicyclic) bond motifs is 1. The lowest BCUT2D eigenvalue weighted by Crippen LogP contribution is -2.42. The van der Waals surface area contributed by atoms with E-state index in [1.54, 1.807) is 48.5 Å². The number of hydrogen-bond acceptors (Lipinski definition) is 9. The van der Waals surface area contributed by atoms with Crippen LogP contribution in [0.25, 0.3) is 28.1 Å². The zero-order valence-electron chi connectivity index (χ0n) is 20.8. The quantitative estimate of drug-likeness (QED) is 0.186. The lowest BCUT2D eigenvalue weighted by molar-refractivity contribution is -0.620. The number of aromatic amines is 1. The van der Waals surface area contributed by atoms with E-state index in [0.29, 0.717) is 37.9 Å². The lowest BCUT2D eigenvalue weighted by atomic mass is 9.98. The molecule has 3 heterocycles. The molecule has 0 aliphatic heterocycles. The Morgan fingerprint density at radius 2 is 2.05 bits per heavy atom. The van der Waals surface area contributed by atoms with Gasteiger partial charge in [0.1, 0.15) is 12.2 Å². The van der Waals surface area contributed by atoms with E-state index in [1.807, 2.05) is 0 Å². The van der Waals surface area contributed by atoms with Crippen LogP contribution in [0, 0.1) is 5.21 Å². The van der Waals surface area contributed by atoms with E-state index in [4.69, 9.17) is 11.6 Å². The number of amides is 1. The summed E-state index contributed by atoms with van der Waals surface area (Å²) in [7, 11) is 1.27. The van der Waals surface area contributed by atoms with Crippen molar-refractivity contribution in [3.63, 3.8) is 0 Å². The van der Waals surface area contributed by atoms with Crippen LogP contribution >= 0.6 is 11.6 Å². The maximum Gasteiger partial charge on any atom is 0.411 e. The normalized spacial score (nSPS) is 17.9. The minimum Gasteiger partial charge on any atom is -0.618 e. The smallest absolute Gasteiger partial charge is 0.411 e. The first-order chi connectivity index (χ1) is 19.3. The highest BCUT2D eigenvalue weighted by Crippen LogP contribution is 2.46. The number of nitrogens with one attached hydrogen (secondary N) is 2. The van der Waals surface area contributed by atoms with Crippen molar-refractivity contribution in [1.82, 2.24) is 30.2 Å². The number of ether oxygens (including phenoxy) is 1. The monoisotopic (exact) mass is 560 g/mol. The number of pyridine rings is 1. The van der Waals surface area contributed by atoms with Crippen molar-refractivity contribution in [2.24, 2.45) is 0 Å². The molecule has 0 spiro atoms. The summed E-state index contributed by atoms with van der Waals surface area (Å²) >= 11 is 6.26. The summed E-state index contributed by atoms with van der Waals surface area (Å²) in [5, 5.41) is 50.4. The molecule has 4 N–H and O–H groups in total. The fourth-order valence-corrected chi connectivity index (χ4v) is 5.07. The molecule has 2 atom stereocenters. The summed E-state index contributed by atoms with van der Waals surface area (Å²) in [6.07, 6.45) is 2.32. The second-order valence-electron chi connectivity index (χ2n) is 9.19. The fraction of sp³-hybridized carbons (Fsp3) is 0.154. The van der Waals surface area contributed by atoms with Gasteiger partial charge in [0.2, 0.25) is 11.3 Å². The first-order valence-electron chi connectivity index (χ1n) is 12.0. The van der Waals surface area contributed by atoms with Crippen molar-refractivity contribution in [3.05, 3.63) is 94.6 Å². The molecule has 0 fully saturated rings. The van der Waals surface area contributed by atoms with Gasteiger partial charge in [-0.1, -0.05) is 23.7 Å². The summed E-state index contributed by atoms with van der Waals surface area (Å²) in [6, 6.07) is 13.6. The van der Waals surface area contributed by atoms with Gasteiger partial charge in [-0.25, -0.2) is 9.78 Å². The summed E-state index contributed by atoms with van der Waals surface area (Å²) in [5.74, 6) is 0.103. The van der Waals surface area contributed by atoms with Crippen molar-refractivity contribution >= 4 is 23.4 Å². The highest BCUT2D eigenvalue weighted by molar-refractivity contribution is 6.31. The van der Waals surface area contributed by atoms with E-state index in [2.05, 4.69) is 35.5 Å². The molecule has 2 aromatic carbocycles.